The van der Waals surface area contributed by atoms with Crippen LogP contribution in [0, 0.1) is 10.1 Å². The van der Waals surface area contributed by atoms with Crippen molar-refractivity contribution in [2.24, 2.45) is 0 Å². The van der Waals surface area contributed by atoms with Gasteiger partial charge in [0, 0.05) is 31.0 Å². The van der Waals surface area contributed by atoms with Crippen molar-refractivity contribution < 1.29 is 18.1 Å². The van der Waals surface area contributed by atoms with Gasteiger partial charge >= 0.3 is 0 Å². The molecule has 0 aliphatic heterocycles. The van der Waals surface area contributed by atoms with Gasteiger partial charge in [0.2, 0.25) is 0 Å². The quantitative estimate of drug-likeness (QED) is 0.570. The van der Waals surface area contributed by atoms with Crippen molar-refractivity contribution in [2.45, 2.75) is 18.7 Å². The molecule has 0 fully saturated rings. The Bertz CT molecular complexity index is 923. The third kappa shape index (κ3) is 4.89. The SMILES string of the molecule is C[C@H](c1cccc([N+](=O)[O-])c1)N(C)C(=O)c1ccc(CS(C)(=O)=O)cc1. The second kappa shape index (κ2) is 7.65. The second-order valence-corrected chi connectivity index (χ2v) is 8.35. The number of carbonyl (C=O) groups is 1. The lowest BCUT2D eigenvalue weighted by Crippen LogP contribution is -2.29. The van der Waals surface area contributed by atoms with E-state index in [2.05, 4.69) is 0 Å². The van der Waals surface area contributed by atoms with Crippen molar-refractivity contribution in [3.05, 3.63) is 75.3 Å². The standard InChI is InChI=1S/C18H20N2O5S/c1-13(16-5-4-6-17(11-16)20(22)23)19(2)18(21)15-9-7-14(8-10-15)12-26(3,24)25/h4-11,13H,12H2,1-3H3/t13-/m1/s1. The molecule has 0 aliphatic rings. The van der Waals surface area contributed by atoms with Gasteiger partial charge in [-0.25, -0.2) is 8.42 Å². The zero-order chi connectivity index (χ0) is 19.5. The zero-order valence-electron chi connectivity index (χ0n) is 14.7. The van der Waals surface area contributed by atoms with Crippen LogP contribution in [0.1, 0.15) is 34.5 Å². The highest BCUT2D eigenvalue weighted by Crippen LogP contribution is 2.24. The number of amides is 1. The van der Waals surface area contributed by atoms with E-state index in [0.717, 1.165) is 6.26 Å². The highest BCUT2D eigenvalue weighted by atomic mass is 32.2. The summed E-state index contributed by atoms with van der Waals surface area (Å²) in [5.74, 6) is -0.337. The van der Waals surface area contributed by atoms with E-state index in [-0.39, 0.29) is 23.4 Å². The predicted octanol–water partition coefficient (Wildman–Crippen LogP) is 2.97. The topological polar surface area (TPSA) is 97.6 Å². The molecule has 0 unspecified atom stereocenters. The van der Waals surface area contributed by atoms with Crippen molar-refractivity contribution in [2.75, 3.05) is 13.3 Å². The minimum atomic E-state index is -3.14. The number of nitro groups is 1. The summed E-state index contributed by atoms with van der Waals surface area (Å²) >= 11 is 0. The monoisotopic (exact) mass is 376 g/mol. The smallest absolute Gasteiger partial charge is 0.269 e. The summed E-state index contributed by atoms with van der Waals surface area (Å²) in [7, 11) is -1.52. The molecule has 0 saturated carbocycles. The molecule has 1 atom stereocenters. The fourth-order valence-electron chi connectivity index (χ4n) is 2.55. The molecule has 0 aliphatic carbocycles. The Morgan fingerprint density at radius 3 is 2.35 bits per heavy atom. The first kappa shape index (κ1) is 19.6. The summed E-state index contributed by atoms with van der Waals surface area (Å²) in [6.07, 6.45) is 1.15. The van der Waals surface area contributed by atoms with E-state index in [1.54, 1.807) is 50.4 Å². The minimum Gasteiger partial charge on any atom is -0.335 e. The van der Waals surface area contributed by atoms with Crippen LogP contribution in [0.4, 0.5) is 5.69 Å². The van der Waals surface area contributed by atoms with Crippen molar-refractivity contribution in [1.29, 1.82) is 0 Å². The molecule has 2 aromatic carbocycles. The Kier molecular flexibility index (Phi) is 5.76. The van der Waals surface area contributed by atoms with Crippen molar-refractivity contribution in [3.63, 3.8) is 0 Å². The molecule has 0 heterocycles. The van der Waals surface area contributed by atoms with Crippen LogP contribution in [0.5, 0.6) is 0 Å². The van der Waals surface area contributed by atoms with Gasteiger partial charge in [-0.1, -0.05) is 24.3 Å². The van der Waals surface area contributed by atoms with Crippen LogP contribution in [0.3, 0.4) is 0 Å². The largest absolute Gasteiger partial charge is 0.335 e. The molecule has 0 bridgehead atoms. The van der Waals surface area contributed by atoms with Gasteiger partial charge in [0.15, 0.2) is 9.84 Å². The number of benzene rings is 2. The Hall–Kier alpha value is -2.74. The Morgan fingerprint density at radius 2 is 1.81 bits per heavy atom. The van der Waals surface area contributed by atoms with Crippen LogP contribution in [0.2, 0.25) is 0 Å². The molecule has 2 rings (SSSR count). The van der Waals surface area contributed by atoms with Gasteiger partial charge in [-0.05, 0) is 30.2 Å². The highest BCUT2D eigenvalue weighted by Gasteiger charge is 2.20. The first-order chi connectivity index (χ1) is 12.1. The summed E-state index contributed by atoms with van der Waals surface area (Å²) in [4.78, 5) is 24.6. The fraction of sp³-hybridized carbons (Fsp3) is 0.278. The third-order valence-corrected chi connectivity index (χ3v) is 4.95. The van der Waals surface area contributed by atoms with Crippen molar-refractivity contribution >= 4 is 21.4 Å². The Balaban J connectivity index is 2.18. The van der Waals surface area contributed by atoms with Gasteiger partial charge < -0.3 is 4.90 Å². The number of nitrogens with zero attached hydrogens (tertiary/aromatic N) is 2. The summed E-state index contributed by atoms with van der Waals surface area (Å²) < 4.78 is 22.7. The highest BCUT2D eigenvalue weighted by molar-refractivity contribution is 7.89. The van der Waals surface area contributed by atoms with E-state index in [1.807, 2.05) is 0 Å². The number of nitro benzene ring substituents is 1. The molecule has 0 saturated heterocycles. The molecule has 138 valence electrons. The summed E-state index contributed by atoms with van der Waals surface area (Å²) in [5, 5.41) is 10.9. The van der Waals surface area contributed by atoms with Gasteiger partial charge in [-0.2, -0.15) is 0 Å². The van der Waals surface area contributed by atoms with Crippen LogP contribution >= 0.6 is 0 Å². The molecule has 0 radical (unpaired) electrons. The average Bonchev–Trinajstić information content (AvgIpc) is 2.59. The minimum absolute atomic E-state index is 0.0275. The van der Waals surface area contributed by atoms with Crippen LogP contribution < -0.4 is 0 Å². The van der Waals surface area contributed by atoms with E-state index in [0.29, 0.717) is 16.7 Å². The van der Waals surface area contributed by atoms with E-state index < -0.39 is 14.8 Å². The molecular weight excluding hydrogens is 356 g/mol. The second-order valence-electron chi connectivity index (χ2n) is 6.21. The molecule has 1 amide bonds. The molecule has 2 aromatic rings. The van der Waals surface area contributed by atoms with E-state index >= 15 is 0 Å². The maximum Gasteiger partial charge on any atom is 0.269 e. The molecular formula is C18H20N2O5S. The lowest BCUT2D eigenvalue weighted by molar-refractivity contribution is -0.384. The summed E-state index contributed by atoms with van der Waals surface area (Å²) in [5.41, 5.74) is 1.66. The fourth-order valence-corrected chi connectivity index (χ4v) is 3.35. The van der Waals surface area contributed by atoms with Gasteiger partial charge in [0.1, 0.15) is 0 Å². The Labute approximate surface area is 152 Å². The molecule has 0 aromatic heterocycles. The predicted molar refractivity (Wildman–Crippen MR) is 98.6 cm³/mol. The normalized spacial score (nSPS) is 12.4. The average molecular weight is 376 g/mol. The van der Waals surface area contributed by atoms with Gasteiger partial charge in [-0.15, -0.1) is 0 Å². The number of hydrogen-bond acceptors (Lipinski definition) is 5. The molecule has 7 nitrogen and oxygen atoms in total. The van der Waals surface area contributed by atoms with Gasteiger partial charge in [0.05, 0.1) is 16.7 Å². The number of rotatable bonds is 6. The number of sulfone groups is 1. The zero-order valence-corrected chi connectivity index (χ0v) is 15.6. The van der Waals surface area contributed by atoms with E-state index in [9.17, 15) is 23.3 Å². The summed E-state index contributed by atoms with van der Waals surface area (Å²) in [6.45, 7) is 1.79. The molecule has 0 spiro atoms. The van der Waals surface area contributed by atoms with Crippen LogP contribution in [-0.2, 0) is 15.6 Å². The van der Waals surface area contributed by atoms with Gasteiger partial charge in [0.25, 0.3) is 11.6 Å². The maximum absolute atomic E-state index is 12.6. The van der Waals surface area contributed by atoms with Crippen LogP contribution in [0.25, 0.3) is 0 Å². The van der Waals surface area contributed by atoms with Crippen LogP contribution in [0.15, 0.2) is 48.5 Å². The third-order valence-electron chi connectivity index (χ3n) is 4.09. The molecule has 26 heavy (non-hydrogen) atoms. The number of non-ortho nitro benzene ring substituents is 1. The number of hydrogen-bond donors (Lipinski definition) is 0. The molecule has 8 heteroatoms. The first-order valence-electron chi connectivity index (χ1n) is 7.86. The van der Waals surface area contributed by atoms with Crippen LogP contribution in [-0.4, -0.2) is 37.5 Å². The summed E-state index contributed by atoms with van der Waals surface area (Å²) in [6, 6.07) is 12.2. The van der Waals surface area contributed by atoms with E-state index in [4.69, 9.17) is 0 Å². The maximum atomic E-state index is 12.6. The van der Waals surface area contributed by atoms with Crippen molar-refractivity contribution in [3.8, 4) is 0 Å². The lowest BCUT2D eigenvalue weighted by Gasteiger charge is -2.25. The Morgan fingerprint density at radius 1 is 1.19 bits per heavy atom. The number of carbonyl (C=O) groups excluding carboxylic acids is 1. The first-order valence-corrected chi connectivity index (χ1v) is 9.92. The van der Waals surface area contributed by atoms with E-state index in [1.165, 1.54) is 17.0 Å². The van der Waals surface area contributed by atoms with Gasteiger partial charge in [-0.3, -0.25) is 14.9 Å². The van der Waals surface area contributed by atoms with Crippen molar-refractivity contribution in [1.82, 2.24) is 4.90 Å². The molecule has 0 N–H and O–H groups in total. The lowest BCUT2D eigenvalue weighted by atomic mass is 10.0.